The summed E-state index contributed by atoms with van der Waals surface area (Å²) in [4.78, 5) is 4.37. The third-order valence-corrected chi connectivity index (χ3v) is 4.83. The van der Waals surface area contributed by atoms with E-state index in [1.165, 1.54) is 0 Å². The molecule has 134 valence electrons. The summed E-state index contributed by atoms with van der Waals surface area (Å²) in [5, 5.41) is 13.4. The Morgan fingerprint density at radius 1 is 1.33 bits per heavy atom. The number of aliphatic imine (C=N–C) groups is 1. The molecular formula is C18H29N3O3. The fraction of sp³-hybridized carbons (Fsp3) is 0.611. The summed E-state index contributed by atoms with van der Waals surface area (Å²) >= 11 is 0. The topological polar surface area (TPSA) is 89.1 Å². The van der Waals surface area contributed by atoms with Crippen molar-refractivity contribution in [1.82, 2.24) is 5.32 Å². The minimum Gasteiger partial charge on any atom is -0.493 e. The number of methoxy groups -OCH3 is 2. The van der Waals surface area contributed by atoms with E-state index in [4.69, 9.17) is 15.2 Å². The van der Waals surface area contributed by atoms with Gasteiger partial charge in [-0.1, -0.05) is 25.8 Å². The molecule has 0 aliphatic heterocycles. The first-order valence-electron chi connectivity index (χ1n) is 8.41. The summed E-state index contributed by atoms with van der Waals surface area (Å²) < 4.78 is 10.5. The first-order chi connectivity index (χ1) is 11.5. The van der Waals surface area contributed by atoms with Gasteiger partial charge in [-0.2, -0.15) is 0 Å². The molecule has 1 saturated carbocycles. The van der Waals surface area contributed by atoms with Crippen LogP contribution in [0.5, 0.6) is 11.5 Å². The molecule has 1 aliphatic rings. The monoisotopic (exact) mass is 335 g/mol. The fourth-order valence-electron chi connectivity index (χ4n) is 3.09. The highest BCUT2D eigenvalue weighted by Gasteiger charge is 2.35. The third-order valence-electron chi connectivity index (χ3n) is 4.83. The largest absolute Gasteiger partial charge is 0.493 e. The van der Waals surface area contributed by atoms with E-state index in [0.717, 1.165) is 31.2 Å². The quantitative estimate of drug-likeness (QED) is 0.547. The lowest BCUT2D eigenvalue weighted by Crippen LogP contribution is -2.47. The molecule has 6 nitrogen and oxygen atoms in total. The number of nitrogens with two attached hydrogens (primary N) is 1. The van der Waals surface area contributed by atoms with Gasteiger partial charge < -0.3 is 25.6 Å². The van der Waals surface area contributed by atoms with Gasteiger partial charge in [0.2, 0.25) is 0 Å². The van der Waals surface area contributed by atoms with Crippen LogP contribution in [0.15, 0.2) is 23.2 Å². The van der Waals surface area contributed by atoms with Crippen molar-refractivity contribution in [3.63, 3.8) is 0 Å². The number of ether oxygens (including phenoxy) is 2. The molecule has 24 heavy (non-hydrogen) atoms. The van der Waals surface area contributed by atoms with Gasteiger partial charge >= 0.3 is 0 Å². The van der Waals surface area contributed by atoms with Crippen molar-refractivity contribution in [2.45, 2.75) is 45.3 Å². The maximum atomic E-state index is 10.2. The second-order valence-electron chi connectivity index (χ2n) is 6.66. The number of aliphatic hydroxyl groups is 1. The Hall–Kier alpha value is -1.95. The number of hydrogen-bond acceptors (Lipinski definition) is 4. The lowest BCUT2D eigenvalue weighted by Gasteiger charge is -2.38. The predicted molar refractivity (Wildman–Crippen MR) is 95.5 cm³/mol. The predicted octanol–water partition coefficient (Wildman–Crippen LogP) is 2.05. The van der Waals surface area contributed by atoms with E-state index < -0.39 is 0 Å². The molecule has 0 bridgehead atoms. The average Bonchev–Trinajstić information content (AvgIpc) is 2.60. The molecule has 1 fully saturated rings. The van der Waals surface area contributed by atoms with Gasteiger partial charge in [-0.25, -0.2) is 4.99 Å². The summed E-state index contributed by atoms with van der Waals surface area (Å²) in [6.07, 6.45) is 3.83. The van der Waals surface area contributed by atoms with E-state index in [1.54, 1.807) is 14.2 Å². The van der Waals surface area contributed by atoms with E-state index in [2.05, 4.69) is 17.2 Å². The van der Waals surface area contributed by atoms with E-state index in [0.29, 0.717) is 30.5 Å². The number of aliphatic hydroxyl groups excluding tert-OH is 1. The molecule has 0 heterocycles. The maximum absolute atomic E-state index is 10.2. The normalized spacial score (nSPS) is 24.5. The lowest BCUT2D eigenvalue weighted by molar-refractivity contribution is 0.00405. The number of benzene rings is 1. The molecule has 0 aromatic heterocycles. The molecular weight excluding hydrogens is 306 g/mol. The fourth-order valence-corrected chi connectivity index (χ4v) is 3.09. The van der Waals surface area contributed by atoms with Crippen molar-refractivity contribution in [2.75, 3.05) is 20.8 Å². The minimum absolute atomic E-state index is 0.137. The Labute approximate surface area is 144 Å². The van der Waals surface area contributed by atoms with Crippen molar-refractivity contribution in [3.8, 4) is 11.5 Å². The van der Waals surface area contributed by atoms with Crippen LogP contribution in [0.3, 0.4) is 0 Å². The van der Waals surface area contributed by atoms with Gasteiger partial charge in [-0.15, -0.1) is 0 Å². The van der Waals surface area contributed by atoms with Crippen molar-refractivity contribution in [2.24, 2.45) is 16.1 Å². The van der Waals surface area contributed by atoms with E-state index in [-0.39, 0.29) is 11.5 Å². The molecule has 4 N–H and O–H groups in total. The van der Waals surface area contributed by atoms with Crippen LogP contribution < -0.4 is 20.5 Å². The van der Waals surface area contributed by atoms with Crippen LogP contribution in [0.25, 0.3) is 0 Å². The Morgan fingerprint density at radius 2 is 2.08 bits per heavy atom. The first-order valence-corrected chi connectivity index (χ1v) is 8.41. The summed E-state index contributed by atoms with van der Waals surface area (Å²) in [6, 6.07) is 5.68. The molecule has 1 aliphatic carbocycles. The van der Waals surface area contributed by atoms with Crippen molar-refractivity contribution >= 4 is 5.96 Å². The number of guanidine groups is 1. The van der Waals surface area contributed by atoms with Crippen molar-refractivity contribution in [1.29, 1.82) is 0 Å². The van der Waals surface area contributed by atoms with Crippen LogP contribution in [-0.4, -0.2) is 37.9 Å². The molecule has 0 radical (unpaired) electrons. The van der Waals surface area contributed by atoms with Crippen LogP contribution in [-0.2, 0) is 6.54 Å². The van der Waals surface area contributed by atoms with E-state index >= 15 is 0 Å². The van der Waals surface area contributed by atoms with Crippen LogP contribution in [0.4, 0.5) is 0 Å². The number of hydrogen-bond donors (Lipinski definition) is 3. The van der Waals surface area contributed by atoms with E-state index in [1.807, 2.05) is 18.2 Å². The second kappa shape index (κ2) is 8.24. The van der Waals surface area contributed by atoms with Gasteiger partial charge in [0.25, 0.3) is 0 Å². The van der Waals surface area contributed by atoms with Crippen LogP contribution in [0, 0.1) is 5.41 Å². The van der Waals surface area contributed by atoms with Gasteiger partial charge in [-0.05, 0) is 30.5 Å². The highest BCUT2D eigenvalue weighted by atomic mass is 16.5. The molecule has 2 rings (SSSR count). The summed E-state index contributed by atoms with van der Waals surface area (Å²) in [6.45, 7) is 3.19. The lowest BCUT2D eigenvalue weighted by atomic mass is 9.73. The summed E-state index contributed by atoms with van der Waals surface area (Å²) in [5.41, 5.74) is 6.82. The standard InChI is InChI=1S/C18H29N3O3/c1-18(9-5-4-6-16(18)22)12-21-17(19)20-11-13-7-8-14(23-2)15(10-13)24-3/h7-8,10,16,22H,4-6,9,11-12H2,1-3H3,(H3,19,20,21). The Bertz CT molecular complexity index is 577. The first kappa shape index (κ1) is 18.4. The SMILES string of the molecule is COc1ccc(CN=C(N)NCC2(C)CCCCC2O)cc1OC. The zero-order valence-electron chi connectivity index (χ0n) is 14.8. The minimum atomic E-state index is -0.280. The Balaban J connectivity index is 1.92. The van der Waals surface area contributed by atoms with Gasteiger partial charge in [0.15, 0.2) is 17.5 Å². The smallest absolute Gasteiger partial charge is 0.188 e. The van der Waals surface area contributed by atoms with Gasteiger partial charge in [0.05, 0.1) is 26.9 Å². The Morgan fingerprint density at radius 3 is 2.75 bits per heavy atom. The number of nitrogens with zero attached hydrogens (tertiary/aromatic N) is 1. The van der Waals surface area contributed by atoms with Crippen LogP contribution in [0.2, 0.25) is 0 Å². The number of rotatable bonds is 6. The second-order valence-corrected chi connectivity index (χ2v) is 6.66. The molecule has 2 atom stereocenters. The molecule has 6 heteroatoms. The van der Waals surface area contributed by atoms with Gasteiger partial charge in [0.1, 0.15) is 0 Å². The zero-order valence-corrected chi connectivity index (χ0v) is 14.8. The van der Waals surface area contributed by atoms with Gasteiger partial charge in [0, 0.05) is 12.0 Å². The highest BCUT2D eigenvalue weighted by Crippen LogP contribution is 2.35. The Kier molecular flexibility index (Phi) is 6.31. The third kappa shape index (κ3) is 4.54. The highest BCUT2D eigenvalue weighted by molar-refractivity contribution is 5.77. The molecule has 1 aromatic carbocycles. The van der Waals surface area contributed by atoms with Gasteiger partial charge in [-0.3, -0.25) is 0 Å². The van der Waals surface area contributed by atoms with E-state index in [9.17, 15) is 5.11 Å². The van der Waals surface area contributed by atoms with Crippen LogP contribution in [0.1, 0.15) is 38.2 Å². The number of nitrogens with one attached hydrogen (secondary N) is 1. The molecule has 0 saturated heterocycles. The van der Waals surface area contributed by atoms with Crippen molar-refractivity contribution in [3.05, 3.63) is 23.8 Å². The molecule has 2 unspecified atom stereocenters. The average molecular weight is 335 g/mol. The maximum Gasteiger partial charge on any atom is 0.188 e. The molecule has 0 amide bonds. The zero-order chi connectivity index (χ0) is 17.6. The van der Waals surface area contributed by atoms with Crippen molar-refractivity contribution < 1.29 is 14.6 Å². The summed E-state index contributed by atoms with van der Waals surface area (Å²) in [5.74, 6) is 1.76. The van der Waals surface area contributed by atoms with Crippen LogP contribution >= 0.6 is 0 Å². The molecule has 0 spiro atoms. The molecule has 1 aromatic rings. The summed E-state index contributed by atoms with van der Waals surface area (Å²) in [7, 11) is 3.22.